The first-order chi connectivity index (χ1) is 22.8. The van der Waals surface area contributed by atoms with Crippen LogP contribution in [-0.4, -0.2) is 59.6 Å². The Labute approximate surface area is 284 Å². The van der Waals surface area contributed by atoms with E-state index in [4.69, 9.17) is 9.47 Å². The van der Waals surface area contributed by atoms with Gasteiger partial charge in [-0.3, -0.25) is 14.5 Å². The first-order valence-electron chi connectivity index (χ1n) is 16.7. The molecule has 0 aromatic heterocycles. The van der Waals surface area contributed by atoms with Gasteiger partial charge in [-0.15, -0.1) is 0 Å². The van der Waals surface area contributed by atoms with Gasteiger partial charge in [-0.1, -0.05) is 105 Å². The molecule has 3 aromatic rings. The van der Waals surface area contributed by atoms with Crippen LogP contribution in [0.3, 0.4) is 0 Å². The lowest BCUT2D eigenvalue weighted by molar-refractivity contribution is -0.149. The van der Waals surface area contributed by atoms with Crippen LogP contribution in [-0.2, 0) is 42.3 Å². The van der Waals surface area contributed by atoms with Gasteiger partial charge in [-0.2, -0.15) is 0 Å². The van der Waals surface area contributed by atoms with Gasteiger partial charge in [0, 0.05) is 18.4 Å². The SMILES string of the molecule is CC(C)C[C@@H](NC(=O)C(Cc1ccccc1)NC(=O)CN(CC1(c2ccccc2)CC1)C(=O)OC(C)(C)C)C(=O)OCc1ccccc1. The highest BCUT2D eigenvalue weighted by Crippen LogP contribution is 2.48. The molecule has 1 aliphatic carbocycles. The molecule has 9 heteroatoms. The van der Waals surface area contributed by atoms with E-state index in [1.807, 2.05) is 105 Å². The zero-order chi connectivity index (χ0) is 34.7. The zero-order valence-electron chi connectivity index (χ0n) is 28.7. The molecule has 1 aliphatic rings. The van der Waals surface area contributed by atoms with Crippen LogP contribution in [0.1, 0.15) is 70.6 Å². The summed E-state index contributed by atoms with van der Waals surface area (Å²) in [6.45, 7) is 9.36. The number of rotatable bonds is 15. The van der Waals surface area contributed by atoms with Gasteiger partial charge in [0.2, 0.25) is 11.8 Å². The van der Waals surface area contributed by atoms with Crippen molar-refractivity contribution in [2.45, 2.75) is 90.0 Å². The van der Waals surface area contributed by atoms with Gasteiger partial charge in [-0.25, -0.2) is 9.59 Å². The first kappa shape index (κ1) is 36.2. The predicted octanol–water partition coefficient (Wildman–Crippen LogP) is 5.96. The third-order valence-electron chi connectivity index (χ3n) is 8.19. The summed E-state index contributed by atoms with van der Waals surface area (Å²) in [5.74, 6) is -1.48. The van der Waals surface area contributed by atoms with Crippen LogP contribution in [0.2, 0.25) is 0 Å². The molecule has 3 amide bonds. The van der Waals surface area contributed by atoms with Gasteiger partial charge in [0.15, 0.2) is 0 Å². The van der Waals surface area contributed by atoms with Crippen LogP contribution in [0.5, 0.6) is 0 Å². The van der Waals surface area contributed by atoms with E-state index in [0.29, 0.717) is 13.0 Å². The van der Waals surface area contributed by atoms with Gasteiger partial charge >= 0.3 is 12.1 Å². The molecule has 0 aliphatic heterocycles. The average Bonchev–Trinajstić information content (AvgIpc) is 3.83. The summed E-state index contributed by atoms with van der Waals surface area (Å²) in [5, 5.41) is 5.72. The fourth-order valence-corrected chi connectivity index (χ4v) is 5.62. The van der Waals surface area contributed by atoms with Crippen molar-refractivity contribution in [3.05, 3.63) is 108 Å². The molecule has 1 fully saturated rings. The molecule has 0 saturated heterocycles. The molecular formula is C39H49N3O6. The Morgan fingerprint density at radius 3 is 1.90 bits per heavy atom. The maximum absolute atomic E-state index is 13.8. The van der Waals surface area contributed by atoms with E-state index in [1.165, 1.54) is 4.90 Å². The van der Waals surface area contributed by atoms with Crippen LogP contribution in [0.4, 0.5) is 4.79 Å². The number of ether oxygens (including phenoxy) is 2. The molecule has 0 spiro atoms. The highest BCUT2D eigenvalue weighted by molar-refractivity contribution is 5.92. The van der Waals surface area contributed by atoms with Crippen LogP contribution in [0.15, 0.2) is 91.0 Å². The highest BCUT2D eigenvalue weighted by atomic mass is 16.6. The highest BCUT2D eigenvalue weighted by Gasteiger charge is 2.47. The smallest absolute Gasteiger partial charge is 0.410 e. The quantitative estimate of drug-likeness (QED) is 0.196. The predicted molar refractivity (Wildman–Crippen MR) is 185 cm³/mol. The first-order valence-corrected chi connectivity index (χ1v) is 16.7. The fraction of sp³-hybridized carbons (Fsp3) is 0.436. The third-order valence-corrected chi connectivity index (χ3v) is 8.19. The second-order valence-electron chi connectivity index (χ2n) is 14.1. The molecule has 0 bridgehead atoms. The number of carbonyl (C=O) groups excluding carboxylic acids is 4. The molecule has 2 atom stereocenters. The van der Waals surface area contributed by atoms with E-state index in [2.05, 4.69) is 10.6 Å². The topological polar surface area (TPSA) is 114 Å². The largest absolute Gasteiger partial charge is 0.459 e. The van der Waals surface area contributed by atoms with Crippen molar-refractivity contribution < 1.29 is 28.7 Å². The van der Waals surface area contributed by atoms with Crippen molar-refractivity contribution in [1.82, 2.24) is 15.5 Å². The molecule has 48 heavy (non-hydrogen) atoms. The Kier molecular flexibility index (Phi) is 12.4. The number of esters is 1. The average molecular weight is 656 g/mol. The number of amides is 3. The minimum absolute atomic E-state index is 0.0826. The van der Waals surface area contributed by atoms with E-state index >= 15 is 0 Å². The normalized spacial score (nSPS) is 14.7. The van der Waals surface area contributed by atoms with Gasteiger partial charge < -0.3 is 20.1 Å². The lowest BCUT2D eigenvalue weighted by atomic mass is 9.95. The maximum atomic E-state index is 13.8. The molecule has 4 rings (SSSR count). The Balaban J connectivity index is 1.50. The summed E-state index contributed by atoms with van der Waals surface area (Å²) >= 11 is 0. The van der Waals surface area contributed by atoms with E-state index in [-0.39, 0.29) is 30.9 Å². The van der Waals surface area contributed by atoms with Crippen molar-refractivity contribution >= 4 is 23.9 Å². The van der Waals surface area contributed by atoms with Gasteiger partial charge in [0.05, 0.1) is 0 Å². The third kappa shape index (κ3) is 11.2. The minimum Gasteiger partial charge on any atom is -0.459 e. The number of hydrogen-bond donors (Lipinski definition) is 2. The standard InChI is InChI=1S/C39H49N3O6/c1-28(2)23-33(36(45)47-26-30-17-11-7-12-18-30)41-35(44)32(24-29-15-9-6-10-16-29)40-34(43)25-42(37(46)48-38(3,4)5)27-39(21-22-39)31-19-13-8-14-20-31/h6-20,28,32-33H,21-27H2,1-5H3,(H,40,43)(H,41,44)/t32?,33-/m1/s1. The number of hydrogen-bond acceptors (Lipinski definition) is 6. The van der Waals surface area contributed by atoms with E-state index in [0.717, 1.165) is 29.5 Å². The molecule has 9 nitrogen and oxygen atoms in total. The second-order valence-corrected chi connectivity index (χ2v) is 14.1. The summed E-state index contributed by atoms with van der Waals surface area (Å²) in [6.07, 6.45) is 1.72. The van der Waals surface area contributed by atoms with E-state index < -0.39 is 41.6 Å². The van der Waals surface area contributed by atoms with Gasteiger partial charge in [-0.05, 0) is 62.6 Å². The Bertz CT molecular complexity index is 1500. The monoisotopic (exact) mass is 655 g/mol. The minimum atomic E-state index is -1.01. The molecule has 0 radical (unpaired) electrons. The molecule has 1 saturated carbocycles. The van der Waals surface area contributed by atoms with Crippen molar-refractivity contribution in [1.29, 1.82) is 0 Å². The lowest BCUT2D eigenvalue weighted by Crippen LogP contribution is -2.55. The van der Waals surface area contributed by atoms with E-state index in [1.54, 1.807) is 20.8 Å². The van der Waals surface area contributed by atoms with Crippen LogP contribution >= 0.6 is 0 Å². The summed E-state index contributed by atoms with van der Waals surface area (Å²) in [4.78, 5) is 55.6. The molecule has 0 heterocycles. The molecule has 2 N–H and O–H groups in total. The summed E-state index contributed by atoms with van der Waals surface area (Å²) in [5.41, 5.74) is 1.75. The van der Waals surface area contributed by atoms with Crippen LogP contribution in [0.25, 0.3) is 0 Å². The summed E-state index contributed by atoms with van der Waals surface area (Å²) < 4.78 is 11.3. The number of benzene rings is 3. The van der Waals surface area contributed by atoms with Crippen LogP contribution < -0.4 is 10.6 Å². The molecule has 256 valence electrons. The molecule has 3 aromatic carbocycles. The maximum Gasteiger partial charge on any atom is 0.410 e. The Morgan fingerprint density at radius 1 is 0.792 bits per heavy atom. The molecular weight excluding hydrogens is 606 g/mol. The number of carbonyl (C=O) groups is 4. The van der Waals surface area contributed by atoms with Crippen molar-refractivity contribution in [2.75, 3.05) is 13.1 Å². The van der Waals surface area contributed by atoms with E-state index in [9.17, 15) is 19.2 Å². The Morgan fingerprint density at radius 2 is 1.35 bits per heavy atom. The van der Waals surface area contributed by atoms with Crippen molar-refractivity contribution in [3.63, 3.8) is 0 Å². The fourth-order valence-electron chi connectivity index (χ4n) is 5.62. The zero-order valence-corrected chi connectivity index (χ0v) is 28.7. The second kappa shape index (κ2) is 16.4. The summed E-state index contributed by atoms with van der Waals surface area (Å²) in [7, 11) is 0. The Hall–Kier alpha value is -4.66. The van der Waals surface area contributed by atoms with Crippen LogP contribution in [0, 0.1) is 5.92 Å². The van der Waals surface area contributed by atoms with Gasteiger partial charge in [0.25, 0.3) is 0 Å². The molecule has 1 unspecified atom stereocenters. The van der Waals surface area contributed by atoms with Gasteiger partial charge in [0.1, 0.15) is 30.8 Å². The number of nitrogens with one attached hydrogen (secondary N) is 2. The number of nitrogens with zero attached hydrogens (tertiary/aromatic N) is 1. The van der Waals surface area contributed by atoms with Crippen molar-refractivity contribution in [2.24, 2.45) is 5.92 Å². The lowest BCUT2D eigenvalue weighted by Gasteiger charge is -2.31. The summed E-state index contributed by atoms with van der Waals surface area (Å²) in [6, 6.07) is 26.7. The van der Waals surface area contributed by atoms with Crippen molar-refractivity contribution in [3.8, 4) is 0 Å².